The van der Waals surface area contributed by atoms with Crippen LogP contribution in [0, 0.1) is 0 Å². The Balaban J connectivity index is 1.92. The number of alkyl halides is 3. The van der Waals surface area contributed by atoms with Gasteiger partial charge in [0, 0.05) is 9.86 Å². The van der Waals surface area contributed by atoms with Gasteiger partial charge in [0.2, 0.25) is 0 Å². The molecule has 4 aromatic rings. The second kappa shape index (κ2) is 5.69. The monoisotopic (exact) mass is 408 g/mol. The summed E-state index contributed by atoms with van der Waals surface area (Å²) < 4.78 is 44.1. The van der Waals surface area contributed by atoms with Crippen molar-refractivity contribution in [3.8, 4) is 17.1 Å². The number of benzene rings is 2. The van der Waals surface area contributed by atoms with Crippen molar-refractivity contribution >= 4 is 32.5 Å². The van der Waals surface area contributed by atoms with Crippen LogP contribution in [0.4, 0.5) is 13.2 Å². The summed E-state index contributed by atoms with van der Waals surface area (Å²) in [6, 6.07) is 11.2. The van der Waals surface area contributed by atoms with Gasteiger partial charge in [-0.15, -0.1) is 18.3 Å². The van der Waals surface area contributed by atoms with E-state index in [1.54, 1.807) is 6.07 Å². The Hall–Kier alpha value is -2.68. The summed E-state index contributed by atoms with van der Waals surface area (Å²) in [6.45, 7) is 0. The van der Waals surface area contributed by atoms with Gasteiger partial charge in [0.15, 0.2) is 11.5 Å². The molecule has 25 heavy (non-hydrogen) atoms. The van der Waals surface area contributed by atoms with Gasteiger partial charge in [0.25, 0.3) is 0 Å². The molecule has 2 aromatic heterocycles. The quantitative estimate of drug-likeness (QED) is 0.486. The van der Waals surface area contributed by atoms with Crippen LogP contribution in [-0.2, 0) is 0 Å². The van der Waals surface area contributed by atoms with Crippen molar-refractivity contribution in [3.05, 3.63) is 53.3 Å². The van der Waals surface area contributed by atoms with E-state index in [2.05, 4.69) is 35.7 Å². The fourth-order valence-electron chi connectivity index (χ4n) is 2.51. The average molecular weight is 409 g/mol. The minimum Gasteiger partial charge on any atom is -0.405 e. The summed E-state index contributed by atoms with van der Waals surface area (Å²) in [5, 5.41) is 4.96. The third-order valence-electron chi connectivity index (χ3n) is 3.51. The predicted molar refractivity (Wildman–Crippen MR) is 88.1 cm³/mol. The second-order valence-corrected chi connectivity index (χ2v) is 5.98. The Morgan fingerprint density at radius 2 is 1.84 bits per heavy atom. The zero-order chi connectivity index (χ0) is 17.6. The van der Waals surface area contributed by atoms with Gasteiger partial charge in [-0.2, -0.15) is 0 Å². The normalized spacial score (nSPS) is 12.0. The number of nitrogens with zero attached hydrogens (tertiary/aromatic N) is 4. The van der Waals surface area contributed by atoms with Crippen LogP contribution >= 0.6 is 15.9 Å². The van der Waals surface area contributed by atoms with E-state index < -0.39 is 6.36 Å². The number of ether oxygens (including phenoxy) is 1. The molecule has 0 saturated carbocycles. The first-order valence-corrected chi connectivity index (χ1v) is 7.86. The summed E-state index contributed by atoms with van der Waals surface area (Å²) >= 11 is 3.41. The number of hydrogen-bond acceptors (Lipinski definition) is 4. The maximum Gasteiger partial charge on any atom is 0.573 e. The average Bonchev–Trinajstić information content (AvgIpc) is 2.98. The molecule has 0 amide bonds. The lowest BCUT2D eigenvalue weighted by atomic mass is 10.2. The van der Waals surface area contributed by atoms with Crippen molar-refractivity contribution in [2.75, 3.05) is 0 Å². The van der Waals surface area contributed by atoms with Gasteiger partial charge in [-0.25, -0.2) is 14.5 Å². The van der Waals surface area contributed by atoms with E-state index in [0.29, 0.717) is 11.2 Å². The van der Waals surface area contributed by atoms with Crippen LogP contribution in [0.5, 0.6) is 5.75 Å². The Morgan fingerprint density at radius 1 is 1.04 bits per heavy atom. The molecule has 0 aliphatic carbocycles. The smallest absolute Gasteiger partial charge is 0.405 e. The predicted octanol–water partition coefficient (Wildman–Crippen LogP) is 4.61. The van der Waals surface area contributed by atoms with Crippen molar-refractivity contribution in [2.45, 2.75) is 6.36 Å². The lowest BCUT2D eigenvalue weighted by molar-refractivity contribution is -0.274. The van der Waals surface area contributed by atoms with E-state index in [0.717, 1.165) is 9.86 Å². The molecule has 2 heterocycles. The first-order chi connectivity index (χ1) is 11.9. The Labute approximate surface area is 147 Å². The number of rotatable bonds is 2. The third-order valence-corrected chi connectivity index (χ3v) is 4.15. The SMILES string of the molecule is FC(F)(F)Oc1ccccc1-c1nc2c3cccc(Br)c3ncn2n1. The molecule has 0 fully saturated rings. The molecule has 126 valence electrons. The van der Waals surface area contributed by atoms with Gasteiger partial charge < -0.3 is 4.74 Å². The van der Waals surface area contributed by atoms with E-state index in [-0.39, 0.29) is 17.1 Å². The Kier molecular flexibility index (Phi) is 3.60. The lowest BCUT2D eigenvalue weighted by Crippen LogP contribution is -2.17. The molecule has 5 nitrogen and oxygen atoms in total. The zero-order valence-electron chi connectivity index (χ0n) is 12.3. The second-order valence-electron chi connectivity index (χ2n) is 5.13. The van der Waals surface area contributed by atoms with E-state index in [1.807, 2.05) is 18.2 Å². The fourth-order valence-corrected chi connectivity index (χ4v) is 2.97. The molecule has 0 radical (unpaired) electrons. The highest BCUT2D eigenvalue weighted by molar-refractivity contribution is 9.10. The van der Waals surface area contributed by atoms with Gasteiger partial charge in [-0.1, -0.05) is 18.2 Å². The standard InChI is InChI=1S/C16H8BrF3N4O/c17-11-6-3-5-10-13(11)21-8-24-15(10)22-14(23-24)9-4-1-2-7-12(9)25-16(18,19)20/h1-8H. The van der Waals surface area contributed by atoms with Gasteiger partial charge in [-0.3, -0.25) is 0 Å². The van der Waals surface area contributed by atoms with E-state index in [9.17, 15) is 13.2 Å². The van der Waals surface area contributed by atoms with Gasteiger partial charge >= 0.3 is 6.36 Å². The van der Waals surface area contributed by atoms with Crippen molar-refractivity contribution in [1.82, 2.24) is 19.6 Å². The lowest BCUT2D eigenvalue weighted by Gasteiger charge is -2.11. The summed E-state index contributed by atoms with van der Waals surface area (Å²) in [6.07, 6.45) is -3.33. The molecule has 2 aromatic carbocycles. The zero-order valence-corrected chi connectivity index (χ0v) is 13.9. The first-order valence-electron chi connectivity index (χ1n) is 7.07. The van der Waals surface area contributed by atoms with Crippen molar-refractivity contribution < 1.29 is 17.9 Å². The molecule has 0 unspecified atom stereocenters. The molecule has 0 spiro atoms. The van der Waals surface area contributed by atoms with Crippen molar-refractivity contribution in [3.63, 3.8) is 0 Å². The Morgan fingerprint density at radius 3 is 2.64 bits per heavy atom. The van der Waals surface area contributed by atoms with Crippen LogP contribution in [0.3, 0.4) is 0 Å². The molecular weight excluding hydrogens is 401 g/mol. The molecule has 0 aliphatic rings. The van der Waals surface area contributed by atoms with Gasteiger partial charge in [0.1, 0.15) is 12.1 Å². The number of halogens is 4. The first kappa shape index (κ1) is 15.8. The highest BCUT2D eigenvalue weighted by Gasteiger charge is 2.32. The van der Waals surface area contributed by atoms with E-state index in [4.69, 9.17) is 0 Å². The minimum atomic E-state index is -4.80. The molecule has 0 atom stereocenters. The van der Waals surface area contributed by atoms with E-state index >= 15 is 0 Å². The molecule has 4 rings (SSSR count). The highest BCUT2D eigenvalue weighted by atomic mass is 79.9. The van der Waals surface area contributed by atoms with Gasteiger partial charge in [0.05, 0.1) is 11.1 Å². The number of para-hydroxylation sites is 2. The Bertz CT molecular complexity index is 1090. The largest absolute Gasteiger partial charge is 0.573 e. The van der Waals surface area contributed by atoms with Gasteiger partial charge in [-0.05, 0) is 40.2 Å². The van der Waals surface area contributed by atoms with Crippen molar-refractivity contribution in [1.29, 1.82) is 0 Å². The number of aromatic nitrogens is 4. The van der Waals surface area contributed by atoms with Crippen LogP contribution in [0.1, 0.15) is 0 Å². The summed E-state index contributed by atoms with van der Waals surface area (Å²) in [4.78, 5) is 8.69. The van der Waals surface area contributed by atoms with Crippen LogP contribution in [0.15, 0.2) is 53.3 Å². The molecule has 0 saturated heterocycles. The maximum absolute atomic E-state index is 12.6. The molecule has 9 heteroatoms. The molecule has 0 N–H and O–H groups in total. The molecule has 0 bridgehead atoms. The van der Waals surface area contributed by atoms with E-state index in [1.165, 1.54) is 29.0 Å². The molecular formula is C16H8BrF3N4O. The van der Waals surface area contributed by atoms with Crippen LogP contribution in [0.25, 0.3) is 27.9 Å². The number of fused-ring (bicyclic) bond motifs is 3. The summed E-state index contributed by atoms with van der Waals surface area (Å²) in [7, 11) is 0. The summed E-state index contributed by atoms with van der Waals surface area (Å²) in [5.74, 6) is -0.238. The van der Waals surface area contributed by atoms with Crippen molar-refractivity contribution in [2.24, 2.45) is 0 Å². The molecule has 0 aliphatic heterocycles. The highest BCUT2D eigenvalue weighted by Crippen LogP contribution is 2.33. The van der Waals surface area contributed by atoms with Crippen LogP contribution in [0.2, 0.25) is 0 Å². The minimum absolute atomic E-state index is 0.120. The maximum atomic E-state index is 12.6. The van der Waals surface area contributed by atoms with Crippen LogP contribution < -0.4 is 4.74 Å². The number of hydrogen-bond donors (Lipinski definition) is 0. The van der Waals surface area contributed by atoms with Crippen LogP contribution in [-0.4, -0.2) is 25.9 Å². The third kappa shape index (κ3) is 2.91. The topological polar surface area (TPSA) is 52.3 Å². The summed E-state index contributed by atoms with van der Waals surface area (Å²) in [5.41, 5.74) is 1.32. The fraction of sp³-hybridized carbons (Fsp3) is 0.0625.